The first-order chi connectivity index (χ1) is 16.4. The monoisotopic (exact) mass is 465 g/mol. The zero-order chi connectivity index (χ0) is 23.8. The Hall–Kier alpha value is -3.50. The van der Waals surface area contributed by atoms with Gasteiger partial charge in [0, 0.05) is 36.5 Å². The quantitative estimate of drug-likeness (QED) is 0.450. The number of aryl methyl sites for hydroxylation is 1. The van der Waals surface area contributed by atoms with E-state index in [2.05, 4.69) is 30.6 Å². The summed E-state index contributed by atoms with van der Waals surface area (Å²) in [5.41, 5.74) is 2.10. The molecule has 0 aliphatic carbocycles. The van der Waals surface area contributed by atoms with Crippen molar-refractivity contribution in [2.24, 2.45) is 0 Å². The molecule has 10 heteroatoms. The second-order valence-corrected chi connectivity index (χ2v) is 8.50. The molecule has 0 saturated carbocycles. The predicted octanol–water partition coefficient (Wildman–Crippen LogP) is 4.46. The minimum Gasteiger partial charge on any atom is -0.371 e. The Labute approximate surface area is 195 Å². The normalized spacial score (nSPS) is 16.4. The number of halogens is 2. The molecule has 1 aliphatic heterocycles. The van der Waals surface area contributed by atoms with E-state index in [1.165, 1.54) is 6.07 Å². The summed E-state index contributed by atoms with van der Waals surface area (Å²) >= 11 is 0. The van der Waals surface area contributed by atoms with E-state index in [1.54, 1.807) is 18.3 Å². The van der Waals surface area contributed by atoms with Gasteiger partial charge in [-0.1, -0.05) is 6.07 Å². The van der Waals surface area contributed by atoms with E-state index in [1.807, 2.05) is 31.4 Å². The van der Waals surface area contributed by atoms with Crippen LogP contribution in [0.15, 0.2) is 36.7 Å². The van der Waals surface area contributed by atoms with Crippen molar-refractivity contribution in [1.29, 1.82) is 0 Å². The van der Waals surface area contributed by atoms with Gasteiger partial charge in [-0.25, -0.2) is 28.7 Å². The van der Waals surface area contributed by atoms with Crippen LogP contribution in [-0.4, -0.2) is 44.2 Å². The van der Waals surface area contributed by atoms with Crippen LogP contribution in [0.4, 0.5) is 20.5 Å². The average Bonchev–Trinajstić information content (AvgIpc) is 3.18. The highest BCUT2D eigenvalue weighted by Gasteiger charge is 2.19. The van der Waals surface area contributed by atoms with Gasteiger partial charge in [0.25, 0.3) is 0 Å². The van der Waals surface area contributed by atoms with Crippen LogP contribution in [-0.2, 0) is 4.74 Å². The molecule has 0 amide bonds. The fraction of sp³-hybridized carbons (Fsp3) is 0.333. The Morgan fingerprint density at radius 3 is 2.68 bits per heavy atom. The molecule has 176 valence electrons. The minimum atomic E-state index is -0.651. The Morgan fingerprint density at radius 2 is 1.97 bits per heavy atom. The van der Waals surface area contributed by atoms with Crippen molar-refractivity contribution in [2.75, 3.05) is 25.0 Å². The van der Waals surface area contributed by atoms with Crippen molar-refractivity contribution in [3.8, 4) is 11.3 Å². The fourth-order valence-corrected chi connectivity index (χ4v) is 4.25. The third-order valence-electron chi connectivity index (χ3n) is 5.78. The predicted molar refractivity (Wildman–Crippen MR) is 125 cm³/mol. The summed E-state index contributed by atoms with van der Waals surface area (Å²) in [5, 5.41) is 6.27. The molecular weight excluding hydrogens is 440 g/mol. The molecule has 2 N–H and O–H groups in total. The van der Waals surface area contributed by atoms with E-state index in [0.29, 0.717) is 29.3 Å². The highest BCUT2D eigenvalue weighted by atomic mass is 19.1. The summed E-state index contributed by atoms with van der Waals surface area (Å²) in [6.45, 7) is 8.02. The van der Waals surface area contributed by atoms with Gasteiger partial charge in [0.05, 0.1) is 24.4 Å². The number of nitrogens with zero attached hydrogens (tertiary/aromatic N) is 5. The van der Waals surface area contributed by atoms with E-state index in [4.69, 9.17) is 4.74 Å². The van der Waals surface area contributed by atoms with Crippen molar-refractivity contribution in [3.05, 3.63) is 59.7 Å². The summed E-state index contributed by atoms with van der Waals surface area (Å²) in [6, 6.07) is 6.72. The van der Waals surface area contributed by atoms with Crippen molar-refractivity contribution in [3.63, 3.8) is 0 Å². The molecule has 1 fully saturated rings. The Kier molecular flexibility index (Phi) is 5.93. The van der Waals surface area contributed by atoms with Crippen LogP contribution in [0.5, 0.6) is 0 Å². The van der Waals surface area contributed by atoms with Crippen LogP contribution < -0.4 is 10.6 Å². The number of anilines is 2. The molecule has 1 aromatic carbocycles. The lowest BCUT2D eigenvalue weighted by Crippen LogP contribution is -2.33. The number of hydrogen-bond donors (Lipinski definition) is 2. The Morgan fingerprint density at radius 1 is 1.12 bits per heavy atom. The van der Waals surface area contributed by atoms with Gasteiger partial charge in [0.1, 0.15) is 22.9 Å². The zero-order valence-electron chi connectivity index (χ0n) is 19.1. The van der Waals surface area contributed by atoms with Gasteiger partial charge in [-0.2, -0.15) is 0 Å². The van der Waals surface area contributed by atoms with E-state index < -0.39 is 11.6 Å². The maximum atomic E-state index is 14.9. The van der Waals surface area contributed by atoms with Crippen LogP contribution in [0.3, 0.4) is 0 Å². The maximum Gasteiger partial charge on any atom is 0.229 e. The standard InChI is InChI=1S/C24H25F2N7O/c1-13(2)33-14(3)30-23-17(25)8-16(9-19(23)33)22-18(26)11-29-24(32-22)31-21-5-4-15(10-28-21)20-12-27-6-7-34-20/h4-5,8-11,13,20,27H,6-7,12H2,1-3H3,(H,28,29,31,32). The maximum absolute atomic E-state index is 14.9. The van der Waals surface area contributed by atoms with Crippen LogP contribution in [0, 0.1) is 18.6 Å². The molecule has 4 heterocycles. The molecule has 1 unspecified atom stereocenters. The number of aromatic nitrogens is 5. The van der Waals surface area contributed by atoms with Crippen LogP contribution in [0.1, 0.15) is 37.4 Å². The van der Waals surface area contributed by atoms with Gasteiger partial charge in [-0.05, 0) is 39.0 Å². The molecule has 5 rings (SSSR count). The van der Waals surface area contributed by atoms with Crippen molar-refractivity contribution in [1.82, 2.24) is 29.8 Å². The van der Waals surface area contributed by atoms with Crippen LogP contribution >= 0.6 is 0 Å². The van der Waals surface area contributed by atoms with Gasteiger partial charge >= 0.3 is 0 Å². The first-order valence-electron chi connectivity index (χ1n) is 11.2. The third-order valence-corrected chi connectivity index (χ3v) is 5.78. The Bertz CT molecular complexity index is 1330. The highest BCUT2D eigenvalue weighted by Crippen LogP contribution is 2.30. The molecule has 0 radical (unpaired) electrons. The summed E-state index contributed by atoms with van der Waals surface area (Å²) in [7, 11) is 0. The first-order valence-corrected chi connectivity index (χ1v) is 11.2. The van der Waals surface area contributed by atoms with Crippen LogP contribution in [0.25, 0.3) is 22.3 Å². The summed E-state index contributed by atoms with van der Waals surface area (Å²) in [6.07, 6.45) is 2.74. The lowest BCUT2D eigenvalue weighted by molar-refractivity contribution is 0.0275. The van der Waals surface area contributed by atoms with Crippen LogP contribution in [0.2, 0.25) is 0 Å². The van der Waals surface area contributed by atoms with Gasteiger partial charge < -0.3 is 19.9 Å². The van der Waals surface area contributed by atoms with E-state index in [-0.39, 0.29) is 29.3 Å². The lowest BCUT2D eigenvalue weighted by Gasteiger charge is -2.23. The molecule has 0 spiro atoms. The summed E-state index contributed by atoms with van der Waals surface area (Å²) in [5.74, 6) is 0.165. The molecule has 3 aromatic heterocycles. The average molecular weight is 466 g/mol. The number of fused-ring (bicyclic) bond motifs is 1. The van der Waals surface area contributed by atoms with Gasteiger partial charge in [-0.3, -0.25) is 0 Å². The number of rotatable bonds is 5. The third kappa shape index (κ3) is 4.22. The van der Waals surface area contributed by atoms with Gasteiger partial charge in [0.2, 0.25) is 5.95 Å². The smallest absolute Gasteiger partial charge is 0.229 e. The number of imidazole rings is 1. The highest BCUT2D eigenvalue weighted by molar-refractivity contribution is 5.83. The number of benzene rings is 1. The molecular formula is C24H25F2N7O. The number of nitrogens with one attached hydrogen (secondary N) is 2. The second kappa shape index (κ2) is 9.03. The van der Waals surface area contributed by atoms with Gasteiger partial charge in [-0.15, -0.1) is 0 Å². The largest absolute Gasteiger partial charge is 0.371 e. The SMILES string of the molecule is Cc1nc2c(F)cc(-c3nc(Nc4ccc(C5CNCCO5)cn4)ncc3F)cc2n1C(C)C. The minimum absolute atomic E-state index is 0.00856. The number of morpholine rings is 1. The molecule has 1 aliphatic rings. The topological polar surface area (TPSA) is 89.8 Å². The number of pyridine rings is 1. The molecule has 34 heavy (non-hydrogen) atoms. The number of hydrogen-bond acceptors (Lipinski definition) is 7. The molecule has 0 bridgehead atoms. The molecule has 4 aromatic rings. The lowest BCUT2D eigenvalue weighted by atomic mass is 10.1. The summed E-state index contributed by atoms with van der Waals surface area (Å²) in [4.78, 5) is 17.1. The van der Waals surface area contributed by atoms with E-state index in [9.17, 15) is 8.78 Å². The van der Waals surface area contributed by atoms with Crippen molar-refractivity contribution < 1.29 is 13.5 Å². The molecule has 1 atom stereocenters. The van der Waals surface area contributed by atoms with E-state index >= 15 is 0 Å². The van der Waals surface area contributed by atoms with Gasteiger partial charge in [0.15, 0.2) is 11.6 Å². The molecule has 1 saturated heterocycles. The van der Waals surface area contributed by atoms with Crippen molar-refractivity contribution in [2.45, 2.75) is 32.9 Å². The van der Waals surface area contributed by atoms with Crippen molar-refractivity contribution >= 4 is 22.8 Å². The zero-order valence-corrected chi connectivity index (χ0v) is 19.1. The first kappa shape index (κ1) is 22.3. The second-order valence-electron chi connectivity index (χ2n) is 8.50. The summed E-state index contributed by atoms with van der Waals surface area (Å²) < 4.78 is 37.2. The molecule has 8 nitrogen and oxygen atoms in total. The number of ether oxygens (including phenoxy) is 1. The fourth-order valence-electron chi connectivity index (χ4n) is 4.25. The van der Waals surface area contributed by atoms with E-state index in [0.717, 1.165) is 24.8 Å². The Balaban J connectivity index is 1.45.